The molecule has 2 rings (SSSR count). The van der Waals surface area contributed by atoms with Crippen LogP contribution in [0.4, 0.5) is 5.69 Å². The van der Waals surface area contributed by atoms with Crippen LogP contribution >= 0.6 is 23.1 Å². The Balaban J connectivity index is 2.34. The maximum atomic E-state index is 12.4. The lowest BCUT2D eigenvalue weighted by molar-refractivity contribution is 0.0945. The van der Waals surface area contributed by atoms with Crippen LogP contribution in [0.3, 0.4) is 0 Å². The van der Waals surface area contributed by atoms with Gasteiger partial charge >= 0.3 is 0 Å². The van der Waals surface area contributed by atoms with Crippen LogP contribution in [0.15, 0.2) is 18.2 Å². The molecule has 1 unspecified atom stereocenters. The number of benzene rings is 1. The third-order valence-electron chi connectivity index (χ3n) is 3.34. The Morgan fingerprint density at radius 2 is 2.29 bits per heavy atom. The molecule has 0 bridgehead atoms. The highest BCUT2D eigenvalue weighted by Gasteiger charge is 2.20. The Morgan fingerprint density at radius 1 is 1.52 bits per heavy atom. The molecule has 1 heterocycles. The number of ether oxygens (including phenoxy) is 1. The number of anilines is 1. The third kappa shape index (κ3) is 3.27. The summed E-state index contributed by atoms with van der Waals surface area (Å²) in [5.41, 5.74) is 6.68. The Kier molecular flexibility index (Phi) is 5.36. The van der Waals surface area contributed by atoms with Crippen LogP contribution in [0.5, 0.6) is 5.75 Å². The first-order valence-electron chi connectivity index (χ1n) is 6.77. The van der Waals surface area contributed by atoms with Crippen molar-refractivity contribution in [2.45, 2.75) is 19.4 Å². The number of fused-ring (bicyclic) bond motifs is 1. The molecule has 1 aromatic carbocycles. The smallest absolute Gasteiger partial charge is 0.263 e. The summed E-state index contributed by atoms with van der Waals surface area (Å²) < 4.78 is 6.30. The highest BCUT2D eigenvalue weighted by Crippen LogP contribution is 2.39. The van der Waals surface area contributed by atoms with E-state index in [1.165, 1.54) is 11.3 Å². The molecule has 1 aromatic heterocycles. The molecule has 1 atom stereocenters. The number of nitrogens with two attached hydrogens (primary N) is 1. The van der Waals surface area contributed by atoms with Crippen molar-refractivity contribution < 1.29 is 9.53 Å². The van der Waals surface area contributed by atoms with E-state index in [0.29, 0.717) is 16.3 Å². The van der Waals surface area contributed by atoms with E-state index in [4.69, 9.17) is 10.5 Å². The monoisotopic (exact) mass is 324 g/mol. The van der Waals surface area contributed by atoms with E-state index in [1.54, 1.807) is 18.9 Å². The fraction of sp³-hybridized carbons (Fsp3) is 0.400. The SMILES string of the molecule is CCC(CSC)NC(=O)c1sc2cccc(OC)c2c1N. The van der Waals surface area contributed by atoms with Crippen molar-refractivity contribution in [2.75, 3.05) is 24.9 Å². The van der Waals surface area contributed by atoms with Crippen molar-refractivity contribution >= 4 is 44.8 Å². The minimum atomic E-state index is -0.100. The van der Waals surface area contributed by atoms with Gasteiger partial charge in [0.25, 0.3) is 5.91 Å². The van der Waals surface area contributed by atoms with Crippen molar-refractivity contribution in [1.82, 2.24) is 5.32 Å². The number of carbonyl (C=O) groups excluding carboxylic acids is 1. The van der Waals surface area contributed by atoms with Crippen molar-refractivity contribution in [2.24, 2.45) is 0 Å². The molecule has 2 aromatic rings. The van der Waals surface area contributed by atoms with E-state index in [9.17, 15) is 4.79 Å². The Labute approximate surface area is 133 Å². The number of thiophene rings is 1. The Hall–Kier alpha value is -1.40. The molecular weight excluding hydrogens is 304 g/mol. The van der Waals surface area contributed by atoms with Crippen molar-refractivity contribution in [1.29, 1.82) is 0 Å². The summed E-state index contributed by atoms with van der Waals surface area (Å²) >= 11 is 3.13. The minimum Gasteiger partial charge on any atom is -0.496 e. The third-order valence-corrected chi connectivity index (χ3v) is 5.24. The van der Waals surface area contributed by atoms with E-state index < -0.39 is 0 Å². The average Bonchev–Trinajstić information content (AvgIpc) is 2.84. The number of hydrogen-bond acceptors (Lipinski definition) is 5. The largest absolute Gasteiger partial charge is 0.496 e. The standard InChI is InChI=1S/C15H20N2O2S2/c1-4-9(8-20-3)17-15(18)14-13(16)12-10(19-2)6-5-7-11(12)21-14/h5-7,9H,4,8,16H2,1-3H3,(H,17,18). The first kappa shape index (κ1) is 16.0. The van der Waals surface area contributed by atoms with Gasteiger partial charge in [-0.3, -0.25) is 4.79 Å². The second-order valence-electron chi connectivity index (χ2n) is 4.71. The first-order valence-corrected chi connectivity index (χ1v) is 8.98. The van der Waals surface area contributed by atoms with E-state index in [2.05, 4.69) is 12.2 Å². The molecule has 6 heteroatoms. The molecule has 0 radical (unpaired) electrons. The van der Waals surface area contributed by atoms with Gasteiger partial charge in [-0.2, -0.15) is 11.8 Å². The summed E-state index contributed by atoms with van der Waals surface area (Å²) in [7, 11) is 1.61. The van der Waals surface area contributed by atoms with E-state index >= 15 is 0 Å². The fourth-order valence-electron chi connectivity index (χ4n) is 2.19. The van der Waals surface area contributed by atoms with E-state index in [-0.39, 0.29) is 11.9 Å². The molecular formula is C15H20N2O2S2. The summed E-state index contributed by atoms with van der Waals surface area (Å²) in [5, 5.41) is 3.88. The molecule has 3 N–H and O–H groups in total. The summed E-state index contributed by atoms with van der Waals surface area (Å²) in [4.78, 5) is 13.0. The quantitative estimate of drug-likeness (QED) is 0.855. The maximum absolute atomic E-state index is 12.4. The number of rotatable bonds is 6. The maximum Gasteiger partial charge on any atom is 0.263 e. The lowest BCUT2D eigenvalue weighted by Crippen LogP contribution is -2.36. The predicted octanol–water partition coefficient (Wildman–Crippen LogP) is 3.36. The highest BCUT2D eigenvalue weighted by molar-refractivity contribution is 7.98. The van der Waals surface area contributed by atoms with Gasteiger partial charge in [-0.05, 0) is 24.8 Å². The number of amides is 1. The molecule has 0 aliphatic rings. The van der Waals surface area contributed by atoms with Crippen LogP contribution < -0.4 is 15.8 Å². The topological polar surface area (TPSA) is 64.3 Å². The van der Waals surface area contributed by atoms with Gasteiger partial charge in [0.2, 0.25) is 0 Å². The molecule has 114 valence electrons. The summed E-state index contributed by atoms with van der Waals surface area (Å²) in [5.74, 6) is 1.50. The van der Waals surface area contributed by atoms with Gasteiger partial charge in [-0.15, -0.1) is 11.3 Å². The van der Waals surface area contributed by atoms with Crippen LogP contribution in [-0.2, 0) is 0 Å². The molecule has 0 spiro atoms. The van der Waals surface area contributed by atoms with Gasteiger partial charge in [0, 0.05) is 16.5 Å². The van der Waals surface area contributed by atoms with Gasteiger partial charge in [0.1, 0.15) is 10.6 Å². The number of carbonyl (C=O) groups is 1. The average molecular weight is 324 g/mol. The van der Waals surface area contributed by atoms with Gasteiger partial charge in [-0.25, -0.2) is 0 Å². The van der Waals surface area contributed by atoms with E-state index in [0.717, 1.165) is 22.3 Å². The van der Waals surface area contributed by atoms with E-state index in [1.807, 2.05) is 24.5 Å². The Bertz CT molecular complexity index is 640. The van der Waals surface area contributed by atoms with Crippen LogP contribution in [-0.4, -0.2) is 31.1 Å². The fourth-order valence-corrected chi connectivity index (χ4v) is 3.96. The van der Waals surface area contributed by atoms with Gasteiger partial charge in [0.05, 0.1) is 18.2 Å². The van der Waals surface area contributed by atoms with Crippen LogP contribution in [0.25, 0.3) is 10.1 Å². The molecule has 4 nitrogen and oxygen atoms in total. The molecule has 21 heavy (non-hydrogen) atoms. The number of nitrogen functional groups attached to an aromatic ring is 1. The number of hydrogen-bond donors (Lipinski definition) is 2. The molecule has 0 saturated carbocycles. The highest BCUT2D eigenvalue weighted by atomic mass is 32.2. The summed E-state index contributed by atoms with van der Waals surface area (Å²) in [6.45, 7) is 2.07. The molecule has 0 aliphatic carbocycles. The molecule has 0 fully saturated rings. The predicted molar refractivity (Wildman–Crippen MR) is 92.7 cm³/mol. The summed E-state index contributed by atoms with van der Waals surface area (Å²) in [6, 6.07) is 5.88. The van der Waals surface area contributed by atoms with Gasteiger partial charge < -0.3 is 15.8 Å². The van der Waals surface area contributed by atoms with Gasteiger partial charge in [0.15, 0.2) is 0 Å². The van der Waals surface area contributed by atoms with Crippen LogP contribution in [0.2, 0.25) is 0 Å². The second-order valence-corrected chi connectivity index (χ2v) is 6.68. The second kappa shape index (κ2) is 7.04. The van der Waals surface area contributed by atoms with Crippen molar-refractivity contribution in [3.8, 4) is 5.75 Å². The Morgan fingerprint density at radius 3 is 2.90 bits per heavy atom. The number of nitrogens with one attached hydrogen (secondary N) is 1. The summed E-state index contributed by atoms with van der Waals surface area (Å²) in [6.07, 6.45) is 2.94. The van der Waals surface area contributed by atoms with Gasteiger partial charge in [-0.1, -0.05) is 13.0 Å². The van der Waals surface area contributed by atoms with Crippen LogP contribution in [0, 0.1) is 0 Å². The zero-order chi connectivity index (χ0) is 15.4. The van der Waals surface area contributed by atoms with Crippen molar-refractivity contribution in [3.63, 3.8) is 0 Å². The first-order chi connectivity index (χ1) is 10.1. The number of methoxy groups -OCH3 is 1. The number of thioether (sulfide) groups is 1. The molecule has 0 aliphatic heterocycles. The lowest BCUT2D eigenvalue weighted by Gasteiger charge is -2.15. The molecule has 0 saturated heterocycles. The zero-order valence-corrected chi connectivity index (χ0v) is 14.1. The lowest BCUT2D eigenvalue weighted by atomic mass is 10.2. The van der Waals surface area contributed by atoms with Crippen LogP contribution in [0.1, 0.15) is 23.0 Å². The minimum absolute atomic E-state index is 0.100. The normalized spacial score (nSPS) is 12.3. The van der Waals surface area contributed by atoms with Crippen molar-refractivity contribution in [3.05, 3.63) is 23.1 Å². The zero-order valence-electron chi connectivity index (χ0n) is 12.4. The molecule has 1 amide bonds.